The molecular formula is C38H51N5O9S. The third kappa shape index (κ3) is 8.24. The normalized spacial score (nSPS) is 29.0. The van der Waals surface area contributed by atoms with Crippen LogP contribution in [0.4, 0.5) is 9.59 Å². The number of carbonyl (C=O) groups excluding carboxylic acids is 5. The van der Waals surface area contributed by atoms with Gasteiger partial charge in [-0.2, -0.15) is 0 Å². The Morgan fingerprint density at radius 2 is 1.85 bits per heavy atom. The Hall–Kier alpha value is -4.40. The molecule has 2 aliphatic carbocycles. The highest BCUT2D eigenvalue weighted by atomic mass is 32.2. The van der Waals surface area contributed by atoms with Crippen molar-refractivity contribution in [1.82, 2.24) is 25.2 Å². The number of amides is 5. The summed E-state index contributed by atoms with van der Waals surface area (Å²) in [5.41, 5.74) is 0.196. The number of nitrogens with one attached hydrogen (secondary N) is 3. The van der Waals surface area contributed by atoms with E-state index in [1.54, 1.807) is 25.7 Å². The summed E-state index contributed by atoms with van der Waals surface area (Å²) in [6.07, 6.45) is 5.66. The monoisotopic (exact) mass is 753 g/mol. The van der Waals surface area contributed by atoms with Gasteiger partial charge >= 0.3 is 12.2 Å². The third-order valence-electron chi connectivity index (χ3n) is 10.9. The van der Waals surface area contributed by atoms with Gasteiger partial charge in [0.2, 0.25) is 21.8 Å². The molecule has 14 nitrogen and oxygen atoms in total. The number of hydrogen-bond donors (Lipinski definition) is 3. The van der Waals surface area contributed by atoms with Crippen LogP contribution < -0.4 is 15.4 Å². The highest BCUT2D eigenvalue weighted by molar-refractivity contribution is 7.91. The van der Waals surface area contributed by atoms with Crippen molar-refractivity contribution in [2.45, 2.75) is 115 Å². The van der Waals surface area contributed by atoms with Crippen LogP contribution in [0.2, 0.25) is 0 Å². The minimum Gasteiger partial charge on any atom is -0.449 e. The molecule has 5 aliphatic rings. The van der Waals surface area contributed by atoms with Crippen LogP contribution in [-0.2, 0) is 47.0 Å². The summed E-state index contributed by atoms with van der Waals surface area (Å²) < 4.78 is 39.1. The van der Waals surface area contributed by atoms with Crippen LogP contribution in [-0.4, -0.2) is 90.3 Å². The zero-order valence-electron chi connectivity index (χ0n) is 31.1. The number of benzene rings is 1. The Bertz CT molecular complexity index is 1830. The molecule has 3 fully saturated rings. The van der Waals surface area contributed by atoms with Crippen molar-refractivity contribution in [3.05, 3.63) is 53.6 Å². The lowest BCUT2D eigenvalue weighted by atomic mass is 9.85. The average molecular weight is 754 g/mol. The smallest absolute Gasteiger partial charge is 0.410 e. The molecule has 5 amide bonds. The van der Waals surface area contributed by atoms with Gasteiger partial charge in [-0.05, 0) is 59.6 Å². The van der Waals surface area contributed by atoms with E-state index < -0.39 is 80.2 Å². The first-order valence-corrected chi connectivity index (χ1v) is 19.9. The number of cyclic esters (lactones) is 1. The molecule has 4 bridgehead atoms. The number of rotatable bonds is 6. The molecule has 6 rings (SSSR count). The zero-order valence-corrected chi connectivity index (χ0v) is 31.9. The Morgan fingerprint density at radius 3 is 2.51 bits per heavy atom. The molecule has 15 heteroatoms. The molecule has 0 aromatic heterocycles. The lowest BCUT2D eigenvalue weighted by Crippen LogP contribution is -2.60. The number of allylic oxidation sites excluding steroid dienone is 1. The molecular weight excluding hydrogens is 703 g/mol. The SMILES string of the molecule is C=C[C@@H]1C[C@]1(NC(=O)[C@@H]1C[C@@H]2CN1C(=O)[C@H](C(C)(C)C)NC(=O)OCC(C)(C)CCC=Cc1cccc3c1CN(C3)C(=O)O2)C(=O)NS(=O)(=O)C1CC1. The van der Waals surface area contributed by atoms with E-state index in [4.69, 9.17) is 9.47 Å². The number of ether oxygens (including phenoxy) is 2. The summed E-state index contributed by atoms with van der Waals surface area (Å²) in [5, 5.41) is 4.82. The second-order valence-electron chi connectivity index (χ2n) is 16.9. The molecule has 0 unspecified atom stereocenters. The van der Waals surface area contributed by atoms with Crippen molar-refractivity contribution >= 4 is 46.0 Å². The topological polar surface area (TPSA) is 181 Å². The van der Waals surface area contributed by atoms with Gasteiger partial charge in [0.15, 0.2) is 0 Å². The molecule has 3 N–H and O–H groups in total. The molecule has 288 valence electrons. The summed E-state index contributed by atoms with van der Waals surface area (Å²) >= 11 is 0. The minimum atomic E-state index is -3.91. The van der Waals surface area contributed by atoms with Gasteiger partial charge in [-0.3, -0.25) is 24.0 Å². The van der Waals surface area contributed by atoms with Gasteiger partial charge in [-0.25, -0.2) is 18.0 Å². The van der Waals surface area contributed by atoms with Crippen LogP contribution in [0.5, 0.6) is 0 Å². The number of carbonyl (C=O) groups is 5. The molecule has 53 heavy (non-hydrogen) atoms. The summed E-state index contributed by atoms with van der Waals surface area (Å²) in [7, 11) is -3.91. The van der Waals surface area contributed by atoms with E-state index in [9.17, 15) is 32.4 Å². The molecule has 5 atom stereocenters. The van der Waals surface area contributed by atoms with Crippen LogP contribution in [0, 0.1) is 16.7 Å². The predicted octanol–water partition coefficient (Wildman–Crippen LogP) is 3.75. The Labute approximate surface area is 311 Å². The number of nitrogens with zero attached hydrogens (tertiary/aromatic N) is 2. The van der Waals surface area contributed by atoms with E-state index in [0.29, 0.717) is 25.9 Å². The lowest BCUT2D eigenvalue weighted by molar-refractivity contribution is -0.143. The van der Waals surface area contributed by atoms with Gasteiger partial charge in [0, 0.05) is 18.9 Å². The predicted molar refractivity (Wildman–Crippen MR) is 195 cm³/mol. The highest BCUT2D eigenvalue weighted by Crippen LogP contribution is 2.45. The molecule has 0 radical (unpaired) electrons. The molecule has 3 heterocycles. The maximum atomic E-state index is 14.5. The summed E-state index contributed by atoms with van der Waals surface area (Å²) in [5.74, 6) is -2.74. The molecule has 1 saturated heterocycles. The van der Waals surface area contributed by atoms with E-state index in [-0.39, 0.29) is 31.4 Å². The van der Waals surface area contributed by atoms with Crippen LogP contribution in [0.1, 0.15) is 89.8 Å². The second-order valence-corrected chi connectivity index (χ2v) is 18.9. The van der Waals surface area contributed by atoms with E-state index in [0.717, 1.165) is 29.5 Å². The van der Waals surface area contributed by atoms with Crippen molar-refractivity contribution < 1.29 is 41.9 Å². The second kappa shape index (κ2) is 14.1. The van der Waals surface area contributed by atoms with Crippen molar-refractivity contribution in [3.63, 3.8) is 0 Å². The Balaban J connectivity index is 1.29. The van der Waals surface area contributed by atoms with Crippen molar-refractivity contribution in [2.75, 3.05) is 13.2 Å². The van der Waals surface area contributed by atoms with Gasteiger partial charge in [0.25, 0.3) is 5.91 Å². The lowest BCUT2D eigenvalue weighted by Gasteiger charge is -2.35. The van der Waals surface area contributed by atoms with Gasteiger partial charge in [-0.1, -0.05) is 71.0 Å². The fourth-order valence-electron chi connectivity index (χ4n) is 7.34. The minimum absolute atomic E-state index is 0.0928. The Morgan fingerprint density at radius 1 is 1.11 bits per heavy atom. The summed E-state index contributed by atoms with van der Waals surface area (Å²) in [6, 6.07) is 3.54. The Kier molecular flexibility index (Phi) is 10.2. The number of fused-ring (bicyclic) bond motifs is 3. The molecule has 1 aromatic rings. The largest absolute Gasteiger partial charge is 0.449 e. The molecule has 2 saturated carbocycles. The van der Waals surface area contributed by atoms with Crippen molar-refractivity contribution in [1.29, 1.82) is 0 Å². The number of hydrogen-bond acceptors (Lipinski definition) is 9. The van der Waals surface area contributed by atoms with Gasteiger partial charge in [-0.15, -0.1) is 6.58 Å². The fraction of sp³-hybridized carbons (Fsp3) is 0.605. The van der Waals surface area contributed by atoms with Gasteiger partial charge < -0.3 is 25.0 Å². The molecule has 3 aliphatic heterocycles. The fourth-order valence-corrected chi connectivity index (χ4v) is 8.70. The third-order valence-corrected chi connectivity index (χ3v) is 12.7. The zero-order chi connectivity index (χ0) is 38.5. The van der Waals surface area contributed by atoms with E-state index >= 15 is 0 Å². The number of alkyl carbamates (subject to hydrolysis) is 1. The summed E-state index contributed by atoms with van der Waals surface area (Å²) in [4.78, 5) is 71.9. The van der Waals surface area contributed by atoms with Crippen LogP contribution in [0.3, 0.4) is 0 Å². The average Bonchev–Trinajstić information content (AvgIpc) is 3.97. The first kappa shape index (κ1) is 38.3. The highest BCUT2D eigenvalue weighted by Gasteiger charge is 2.62. The van der Waals surface area contributed by atoms with Crippen LogP contribution in [0.25, 0.3) is 6.08 Å². The van der Waals surface area contributed by atoms with Crippen molar-refractivity contribution in [2.24, 2.45) is 16.7 Å². The maximum absolute atomic E-state index is 14.5. The van der Waals surface area contributed by atoms with E-state index in [2.05, 4.69) is 28.0 Å². The standard InChI is InChI=1S/C38H51N5O9S/c1-7-25-18-38(25,33(46)41-53(49,50)27-14-15-27)40-31(44)29-17-26-20-43(29)32(45)30(36(2,3)4)39-34(47)51-22-37(5,6)16-9-8-11-23-12-10-13-24-19-42(21-28(23)24)35(48)52-26/h7-8,10-13,25-27,29-30H,1,9,14-22H2,2-6H3,(H,39,47)(H,40,44)(H,41,46)/t25-,26-,29+,30-,38-/m1/s1. The van der Waals surface area contributed by atoms with E-state index in [1.807, 2.05) is 38.1 Å². The van der Waals surface area contributed by atoms with Gasteiger partial charge in [0.1, 0.15) is 23.7 Å². The van der Waals surface area contributed by atoms with Gasteiger partial charge in [0.05, 0.1) is 24.9 Å². The van der Waals surface area contributed by atoms with Crippen molar-refractivity contribution in [3.8, 4) is 0 Å². The van der Waals surface area contributed by atoms with E-state index in [1.165, 1.54) is 11.0 Å². The molecule has 1 aromatic carbocycles. The molecule has 0 spiro atoms. The van der Waals surface area contributed by atoms with Crippen LogP contribution >= 0.6 is 0 Å². The quantitative estimate of drug-likeness (QED) is 0.365. The maximum Gasteiger partial charge on any atom is 0.410 e. The van der Waals surface area contributed by atoms with Crippen LogP contribution in [0.15, 0.2) is 36.9 Å². The first-order valence-electron chi connectivity index (χ1n) is 18.3. The first-order chi connectivity index (χ1) is 24.8. The number of sulfonamides is 1. The summed E-state index contributed by atoms with van der Waals surface area (Å²) in [6.45, 7) is 13.7.